The standard InChI is InChI=1S/C32H35N3O2/c1-2-24-10-3-4-11-25(24)23-33-18-20-35(21-19-33)32(30(36)28-14-5-6-15-29(28)31(32)37)26-12-9-13-27(22-26)34-16-7-8-17-34/h3-6,9-15,22H,2,7-8,16-21,23H2,1H3. The minimum atomic E-state index is -1.28. The van der Waals surface area contributed by atoms with Crippen molar-refractivity contribution in [1.82, 2.24) is 9.80 Å². The van der Waals surface area contributed by atoms with Crippen molar-refractivity contribution in [3.8, 4) is 0 Å². The maximum atomic E-state index is 14.2. The molecule has 0 unspecified atom stereocenters. The summed E-state index contributed by atoms with van der Waals surface area (Å²) in [4.78, 5) is 35.5. The van der Waals surface area contributed by atoms with Gasteiger partial charge in [0.05, 0.1) is 0 Å². The van der Waals surface area contributed by atoms with Gasteiger partial charge in [-0.25, -0.2) is 0 Å². The Labute approximate surface area is 219 Å². The summed E-state index contributed by atoms with van der Waals surface area (Å²) >= 11 is 0. The number of fused-ring (bicyclic) bond motifs is 1. The number of hydrogen-bond acceptors (Lipinski definition) is 5. The lowest BCUT2D eigenvalue weighted by molar-refractivity contribution is 0.0279. The Balaban J connectivity index is 1.33. The Kier molecular flexibility index (Phi) is 6.43. The lowest BCUT2D eigenvalue weighted by atomic mass is 9.82. The molecular formula is C32H35N3O2. The number of rotatable bonds is 6. The number of carbonyl (C=O) groups is 2. The number of ketones is 2. The second-order valence-electron chi connectivity index (χ2n) is 10.5. The zero-order valence-electron chi connectivity index (χ0n) is 21.7. The summed E-state index contributed by atoms with van der Waals surface area (Å²) in [7, 11) is 0. The molecule has 3 aromatic rings. The van der Waals surface area contributed by atoms with E-state index in [-0.39, 0.29) is 11.6 Å². The first-order chi connectivity index (χ1) is 18.1. The summed E-state index contributed by atoms with van der Waals surface area (Å²) in [5.74, 6) is -0.145. The van der Waals surface area contributed by atoms with Gasteiger partial charge in [-0.1, -0.05) is 67.6 Å². The van der Waals surface area contributed by atoms with Crippen LogP contribution in [0, 0.1) is 0 Å². The van der Waals surface area contributed by atoms with Gasteiger partial charge in [0.25, 0.3) is 0 Å². The summed E-state index contributed by atoms with van der Waals surface area (Å²) in [5, 5.41) is 0. The summed E-state index contributed by atoms with van der Waals surface area (Å²) in [6.07, 6.45) is 3.39. The second kappa shape index (κ2) is 9.88. The molecule has 3 aromatic carbocycles. The van der Waals surface area contributed by atoms with Gasteiger partial charge in [0, 0.05) is 62.6 Å². The van der Waals surface area contributed by atoms with Crippen molar-refractivity contribution < 1.29 is 9.59 Å². The Morgan fingerprint density at radius 1 is 0.703 bits per heavy atom. The van der Waals surface area contributed by atoms with E-state index in [2.05, 4.69) is 58.0 Å². The minimum Gasteiger partial charge on any atom is -0.372 e. The van der Waals surface area contributed by atoms with Gasteiger partial charge in [0.15, 0.2) is 17.1 Å². The SMILES string of the molecule is CCc1ccccc1CN1CCN(C2(c3cccc(N4CCCC4)c3)C(=O)c3ccccc3C2=O)CC1. The van der Waals surface area contributed by atoms with E-state index in [0.29, 0.717) is 24.2 Å². The number of nitrogens with zero attached hydrogens (tertiary/aromatic N) is 3. The van der Waals surface area contributed by atoms with Gasteiger partial charge < -0.3 is 4.90 Å². The molecular weight excluding hydrogens is 458 g/mol. The smallest absolute Gasteiger partial charge is 0.196 e. The minimum absolute atomic E-state index is 0.0727. The van der Waals surface area contributed by atoms with E-state index in [1.165, 1.54) is 24.0 Å². The van der Waals surface area contributed by atoms with Gasteiger partial charge in [0.2, 0.25) is 0 Å². The van der Waals surface area contributed by atoms with Crippen LogP contribution in [-0.4, -0.2) is 60.6 Å². The predicted molar refractivity (Wildman–Crippen MR) is 147 cm³/mol. The molecule has 0 bridgehead atoms. The molecule has 0 atom stereocenters. The van der Waals surface area contributed by atoms with Crippen LogP contribution < -0.4 is 4.90 Å². The normalized spacial score (nSPS) is 20.0. The summed E-state index contributed by atoms with van der Waals surface area (Å²) < 4.78 is 0. The van der Waals surface area contributed by atoms with Crippen LogP contribution in [0.3, 0.4) is 0 Å². The van der Waals surface area contributed by atoms with Crippen molar-refractivity contribution in [3.05, 3.63) is 101 Å². The number of hydrogen-bond donors (Lipinski definition) is 0. The van der Waals surface area contributed by atoms with Gasteiger partial charge >= 0.3 is 0 Å². The third-order valence-corrected chi connectivity index (χ3v) is 8.55. The Bertz CT molecular complexity index is 1280. The fourth-order valence-electron chi connectivity index (χ4n) is 6.55. The van der Waals surface area contributed by atoms with Crippen molar-refractivity contribution in [2.24, 2.45) is 0 Å². The Morgan fingerprint density at radius 3 is 1.97 bits per heavy atom. The Hall–Kier alpha value is -3.28. The van der Waals surface area contributed by atoms with Crippen molar-refractivity contribution in [1.29, 1.82) is 0 Å². The largest absolute Gasteiger partial charge is 0.372 e. The monoisotopic (exact) mass is 493 g/mol. The molecule has 37 heavy (non-hydrogen) atoms. The third kappa shape index (κ3) is 4.01. The highest BCUT2D eigenvalue weighted by Gasteiger charge is 2.58. The molecule has 2 fully saturated rings. The molecule has 0 aromatic heterocycles. The lowest BCUT2D eigenvalue weighted by Crippen LogP contribution is -2.60. The predicted octanol–water partition coefficient (Wildman–Crippen LogP) is 4.94. The number of carbonyl (C=O) groups excluding carboxylic acids is 2. The van der Waals surface area contributed by atoms with E-state index >= 15 is 0 Å². The zero-order valence-corrected chi connectivity index (χ0v) is 21.7. The second-order valence-corrected chi connectivity index (χ2v) is 10.5. The van der Waals surface area contributed by atoms with Crippen LogP contribution in [0.5, 0.6) is 0 Å². The highest BCUT2D eigenvalue weighted by molar-refractivity contribution is 6.32. The van der Waals surface area contributed by atoms with Crippen LogP contribution in [0.2, 0.25) is 0 Å². The molecule has 6 rings (SSSR count). The van der Waals surface area contributed by atoms with E-state index in [1.807, 2.05) is 36.4 Å². The first-order valence-electron chi connectivity index (χ1n) is 13.7. The van der Waals surface area contributed by atoms with Crippen LogP contribution in [0.15, 0.2) is 72.8 Å². The van der Waals surface area contributed by atoms with Crippen molar-refractivity contribution in [2.45, 2.75) is 38.3 Å². The van der Waals surface area contributed by atoms with Crippen LogP contribution in [0.4, 0.5) is 5.69 Å². The van der Waals surface area contributed by atoms with Gasteiger partial charge in [-0.05, 0) is 48.1 Å². The molecule has 0 N–H and O–H groups in total. The van der Waals surface area contributed by atoms with Crippen molar-refractivity contribution in [3.63, 3.8) is 0 Å². The number of benzene rings is 3. The zero-order chi connectivity index (χ0) is 25.4. The fraction of sp³-hybridized carbons (Fsp3) is 0.375. The third-order valence-electron chi connectivity index (χ3n) is 8.55. The molecule has 5 nitrogen and oxygen atoms in total. The molecule has 0 spiro atoms. The number of anilines is 1. The molecule has 0 saturated carbocycles. The molecule has 0 radical (unpaired) electrons. The lowest BCUT2D eigenvalue weighted by Gasteiger charge is -2.44. The average Bonchev–Trinajstić information content (AvgIpc) is 3.56. The maximum Gasteiger partial charge on any atom is 0.196 e. The van der Waals surface area contributed by atoms with E-state index < -0.39 is 5.54 Å². The van der Waals surface area contributed by atoms with Crippen LogP contribution >= 0.6 is 0 Å². The van der Waals surface area contributed by atoms with Crippen LogP contribution in [0.25, 0.3) is 0 Å². The Morgan fingerprint density at radius 2 is 1.32 bits per heavy atom. The van der Waals surface area contributed by atoms with Gasteiger partial charge in [-0.3, -0.25) is 19.4 Å². The average molecular weight is 494 g/mol. The van der Waals surface area contributed by atoms with Crippen molar-refractivity contribution in [2.75, 3.05) is 44.2 Å². The van der Waals surface area contributed by atoms with Gasteiger partial charge in [0.1, 0.15) is 0 Å². The van der Waals surface area contributed by atoms with E-state index in [1.54, 1.807) is 0 Å². The quantitative estimate of drug-likeness (QED) is 0.455. The first-order valence-corrected chi connectivity index (χ1v) is 13.7. The molecule has 2 heterocycles. The number of Topliss-reactive ketones (excluding diaryl/α,β-unsaturated/α-hetero) is 2. The van der Waals surface area contributed by atoms with Crippen molar-refractivity contribution >= 4 is 17.3 Å². The molecule has 0 amide bonds. The number of piperazine rings is 1. The highest BCUT2D eigenvalue weighted by Crippen LogP contribution is 2.44. The summed E-state index contributed by atoms with van der Waals surface area (Å²) in [6, 6.07) is 24.2. The molecule has 2 aliphatic heterocycles. The molecule has 5 heteroatoms. The van der Waals surface area contributed by atoms with E-state index in [4.69, 9.17) is 0 Å². The van der Waals surface area contributed by atoms with Gasteiger partial charge in [-0.2, -0.15) is 0 Å². The summed E-state index contributed by atoms with van der Waals surface area (Å²) in [6.45, 7) is 8.14. The number of aryl methyl sites for hydroxylation is 1. The maximum absolute atomic E-state index is 14.2. The van der Waals surface area contributed by atoms with E-state index in [0.717, 1.165) is 50.4 Å². The van der Waals surface area contributed by atoms with Crippen LogP contribution in [0.1, 0.15) is 57.2 Å². The summed E-state index contributed by atoms with van der Waals surface area (Å²) in [5.41, 5.74) is 4.50. The topological polar surface area (TPSA) is 43.9 Å². The van der Waals surface area contributed by atoms with E-state index in [9.17, 15) is 9.59 Å². The molecule has 1 aliphatic carbocycles. The van der Waals surface area contributed by atoms with Gasteiger partial charge in [-0.15, -0.1) is 0 Å². The highest BCUT2D eigenvalue weighted by atomic mass is 16.2. The van der Waals surface area contributed by atoms with Crippen LogP contribution in [-0.2, 0) is 18.5 Å². The fourth-order valence-corrected chi connectivity index (χ4v) is 6.55. The molecule has 3 aliphatic rings. The first kappa shape index (κ1) is 24.1. The molecule has 2 saturated heterocycles. The molecule has 190 valence electrons.